The molecule has 2 amide bonds. The third-order valence-electron chi connectivity index (χ3n) is 2.44. The van der Waals surface area contributed by atoms with Gasteiger partial charge in [0.15, 0.2) is 0 Å². The fraction of sp³-hybridized carbons (Fsp3) is 0.286. The van der Waals surface area contributed by atoms with Gasteiger partial charge >= 0.3 is 0 Å². The lowest BCUT2D eigenvalue weighted by Crippen LogP contribution is -2.36. The van der Waals surface area contributed by atoms with Crippen molar-refractivity contribution >= 4 is 29.0 Å². The molecule has 102 valence electrons. The van der Waals surface area contributed by atoms with E-state index >= 15 is 0 Å². The van der Waals surface area contributed by atoms with Crippen LogP contribution in [0.25, 0.3) is 5.57 Å². The average Bonchev–Trinajstić information content (AvgIpc) is 2.37. The van der Waals surface area contributed by atoms with Crippen LogP contribution >= 0.6 is 11.6 Å². The van der Waals surface area contributed by atoms with E-state index in [4.69, 9.17) is 11.6 Å². The van der Waals surface area contributed by atoms with Crippen LogP contribution < -0.4 is 10.6 Å². The van der Waals surface area contributed by atoms with Crippen LogP contribution in [0.5, 0.6) is 0 Å². The molecule has 0 aliphatic heterocycles. The number of allylic oxidation sites excluding steroid dienone is 1. The van der Waals surface area contributed by atoms with Crippen molar-refractivity contribution in [2.75, 3.05) is 13.1 Å². The van der Waals surface area contributed by atoms with Crippen molar-refractivity contribution in [3.8, 4) is 0 Å². The second-order valence-electron chi connectivity index (χ2n) is 3.98. The van der Waals surface area contributed by atoms with E-state index in [0.717, 1.165) is 11.1 Å². The van der Waals surface area contributed by atoms with Crippen molar-refractivity contribution in [2.24, 2.45) is 0 Å². The molecule has 0 radical (unpaired) electrons. The van der Waals surface area contributed by atoms with Gasteiger partial charge in [-0.3, -0.25) is 9.59 Å². The van der Waals surface area contributed by atoms with Crippen LogP contribution in [0.4, 0.5) is 0 Å². The van der Waals surface area contributed by atoms with Crippen molar-refractivity contribution < 1.29 is 9.59 Å². The normalized spacial score (nSPS) is 11.0. The predicted octanol–water partition coefficient (Wildman–Crippen LogP) is 2.00. The van der Waals surface area contributed by atoms with Gasteiger partial charge in [0.05, 0.1) is 6.54 Å². The maximum atomic E-state index is 11.6. The van der Waals surface area contributed by atoms with Gasteiger partial charge in [-0.25, -0.2) is 0 Å². The first-order chi connectivity index (χ1) is 9.04. The van der Waals surface area contributed by atoms with Crippen LogP contribution in [0.2, 0.25) is 5.02 Å². The summed E-state index contributed by atoms with van der Waals surface area (Å²) in [5.41, 5.74) is 1.55. The smallest absolute Gasteiger partial charge is 0.244 e. The molecule has 0 bridgehead atoms. The molecule has 0 saturated heterocycles. The molecule has 0 spiro atoms. The molecule has 0 aromatic heterocycles. The number of halogens is 1. The minimum Gasteiger partial charge on any atom is -0.355 e. The average molecular weight is 281 g/mol. The van der Waals surface area contributed by atoms with E-state index in [-0.39, 0.29) is 18.4 Å². The zero-order valence-electron chi connectivity index (χ0n) is 11.0. The Morgan fingerprint density at radius 1 is 1.26 bits per heavy atom. The molecule has 1 rings (SSSR count). The van der Waals surface area contributed by atoms with E-state index in [1.165, 1.54) is 6.08 Å². The fourth-order valence-corrected chi connectivity index (χ4v) is 1.82. The fourth-order valence-electron chi connectivity index (χ4n) is 1.53. The summed E-state index contributed by atoms with van der Waals surface area (Å²) in [6, 6.07) is 7.28. The van der Waals surface area contributed by atoms with Gasteiger partial charge < -0.3 is 10.6 Å². The summed E-state index contributed by atoms with van der Waals surface area (Å²) in [7, 11) is 0. The van der Waals surface area contributed by atoms with Crippen LogP contribution in [-0.2, 0) is 9.59 Å². The molecule has 1 aromatic carbocycles. The molecule has 1 aromatic rings. The summed E-state index contributed by atoms with van der Waals surface area (Å²) in [5.74, 6) is -0.525. The summed E-state index contributed by atoms with van der Waals surface area (Å²) in [5, 5.41) is 5.71. The first-order valence-corrected chi connectivity index (χ1v) is 6.40. The SMILES string of the molecule is CCNC(=O)CNC(=O)C=C(C)c1ccccc1Cl. The summed E-state index contributed by atoms with van der Waals surface area (Å²) < 4.78 is 0. The number of amides is 2. The zero-order chi connectivity index (χ0) is 14.3. The lowest BCUT2D eigenvalue weighted by molar-refractivity contribution is -0.123. The maximum absolute atomic E-state index is 11.6. The van der Waals surface area contributed by atoms with Crippen molar-refractivity contribution in [1.82, 2.24) is 10.6 Å². The van der Waals surface area contributed by atoms with Crippen molar-refractivity contribution in [1.29, 1.82) is 0 Å². The largest absolute Gasteiger partial charge is 0.355 e. The Kier molecular flexibility index (Phi) is 6.09. The minimum atomic E-state index is -0.316. The van der Waals surface area contributed by atoms with Crippen molar-refractivity contribution in [3.05, 3.63) is 40.9 Å². The van der Waals surface area contributed by atoms with Crippen LogP contribution in [-0.4, -0.2) is 24.9 Å². The van der Waals surface area contributed by atoms with E-state index in [0.29, 0.717) is 11.6 Å². The highest BCUT2D eigenvalue weighted by atomic mass is 35.5. The lowest BCUT2D eigenvalue weighted by Gasteiger charge is -2.05. The Balaban J connectivity index is 2.62. The van der Waals surface area contributed by atoms with E-state index in [1.54, 1.807) is 13.0 Å². The molecule has 4 nitrogen and oxygen atoms in total. The molecular weight excluding hydrogens is 264 g/mol. The summed E-state index contributed by atoms with van der Waals surface area (Å²) in [6.07, 6.45) is 1.43. The minimum absolute atomic E-state index is 0.0288. The zero-order valence-corrected chi connectivity index (χ0v) is 11.8. The van der Waals surface area contributed by atoms with Crippen molar-refractivity contribution in [2.45, 2.75) is 13.8 Å². The molecule has 0 atom stereocenters. The van der Waals surface area contributed by atoms with Crippen LogP contribution in [0.1, 0.15) is 19.4 Å². The Hall–Kier alpha value is -1.81. The van der Waals surface area contributed by atoms with Gasteiger partial charge in [0, 0.05) is 17.6 Å². The Bertz CT molecular complexity index is 498. The van der Waals surface area contributed by atoms with E-state index < -0.39 is 0 Å². The number of carbonyl (C=O) groups excluding carboxylic acids is 2. The molecule has 0 heterocycles. The van der Waals surface area contributed by atoms with Gasteiger partial charge in [0.25, 0.3) is 0 Å². The first-order valence-electron chi connectivity index (χ1n) is 6.02. The number of rotatable bonds is 5. The maximum Gasteiger partial charge on any atom is 0.244 e. The second-order valence-corrected chi connectivity index (χ2v) is 4.39. The monoisotopic (exact) mass is 280 g/mol. The standard InChI is InChI=1S/C14H17ClN2O2/c1-3-16-14(19)9-17-13(18)8-10(2)11-6-4-5-7-12(11)15/h4-8H,3,9H2,1-2H3,(H,16,19)(H,17,18). The highest BCUT2D eigenvalue weighted by Crippen LogP contribution is 2.22. The van der Waals surface area contributed by atoms with Crippen LogP contribution in [0, 0.1) is 0 Å². The number of nitrogens with one attached hydrogen (secondary N) is 2. The Morgan fingerprint density at radius 2 is 1.95 bits per heavy atom. The molecular formula is C14H17ClN2O2. The summed E-state index contributed by atoms with van der Waals surface area (Å²) >= 11 is 6.03. The topological polar surface area (TPSA) is 58.2 Å². The quantitative estimate of drug-likeness (QED) is 0.811. The van der Waals surface area contributed by atoms with Gasteiger partial charge in [-0.15, -0.1) is 0 Å². The molecule has 0 aliphatic rings. The van der Waals surface area contributed by atoms with E-state index in [9.17, 15) is 9.59 Å². The van der Waals surface area contributed by atoms with E-state index in [1.807, 2.05) is 25.1 Å². The molecule has 0 fully saturated rings. The highest BCUT2D eigenvalue weighted by Gasteiger charge is 2.05. The van der Waals surface area contributed by atoms with Gasteiger partial charge in [-0.05, 0) is 31.1 Å². The van der Waals surface area contributed by atoms with Crippen LogP contribution in [0.3, 0.4) is 0 Å². The van der Waals surface area contributed by atoms with Crippen LogP contribution in [0.15, 0.2) is 30.3 Å². The predicted molar refractivity (Wildman–Crippen MR) is 76.8 cm³/mol. The molecule has 5 heteroatoms. The number of benzene rings is 1. The third-order valence-corrected chi connectivity index (χ3v) is 2.77. The highest BCUT2D eigenvalue weighted by molar-refractivity contribution is 6.32. The number of carbonyl (C=O) groups is 2. The van der Waals surface area contributed by atoms with E-state index in [2.05, 4.69) is 10.6 Å². The Labute approximate surface area is 117 Å². The third kappa shape index (κ3) is 5.14. The number of likely N-dealkylation sites (N-methyl/N-ethyl adjacent to an activating group) is 1. The summed E-state index contributed by atoms with van der Waals surface area (Å²) in [4.78, 5) is 22.8. The van der Waals surface area contributed by atoms with Crippen molar-refractivity contribution in [3.63, 3.8) is 0 Å². The molecule has 0 saturated carbocycles. The molecule has 0 aliphatic carbocycles. The number of hydrogen-bond acceptors (Lipinski definition) is 2. The first kappa shape index (κ1) is 15.2. The molecule has 19 heavy (non-hydrogen) atoms. The van der Waals surface area contributed by atoms with Gasteiger partial charge in [-0.1, -0.05) is 29.8 Å². The van der Waals surface area contributed by atoms with Gasteiger partial charge in [0.2, 0.25) is 11.8 Å². The molecule has 0 unspecified atom stereocenters. The molecule has 2 N–H and O–H groups in total. The number of hydrogen-bond donors (Lipinski definition) is 2. The summed E-state index contributed by atoms with van der Waals surface area (Å²) in [6.45, 7) is 4.14. The van der Waals surface area contributed by atoms with Gasteiger partial charge in [0.1, 0.15) is 0 Å². The lowest BCUT2D eigenvalue weighted by atomic mass is 10.1. The second kappa shape index (κ2) is 7.59. The Morgan fingerprint density at radius 3 is 2.58 bits per heavy atom. The van der Waals surface area contributed by atoms with Gasteiger partial charge in [-0.2, -0.15) is 0 Å².